The fraction of sp³-hybridized carbons (Fsp3) is 0.167. The lowest BCUT2D eigenvalue weighted by atomic mass is 10.1. The van der Waals surface area contributed by atoms with Crippen LogP contribution in [0.25, 0.3) is 10.8 Å². The first-order chi connectivity index (χ1) is 14.3. The van der Waals surface area contributed by atoms with E-state index in [1.807, 2.05) is 59.5 Å². The van der Waals surface area contributed by atoms with Gasteiger partial charge in [-0.3, -0.25) is 9.78 Å². The Hall–Kier alpha value is -3.18. The molecule has 0 aliphatic heterocycles. The Kier molecular flexibility index (Phi) is 6.17. The lowest BCUT2D eigenvalue weighted by molar-refractivity contribution is -0.134. The second-order valence-electron chi connectivity index (χ2n) is 6.80. The second kappa shape index (κ2) is 9.34. The number of nitrogens with zero attached hydrogens (tertiary/aromatic N) is 2. The number of amides is 1. The van der Waals surface area contributed by atoms with Gasteiger partial charge in [0, 0.05) is 30.4 Å². The summed E-state index contributed by atoms with van der Waals surface area (Å²) in [6.45, 7) is 1.19. The van der Waals surface area contributed by atoms with Crippen LogP contribution in [0.15, 0.2) is 84.5 Å². The average molecular weight is 403 g/mol. The van der Waals surface area contributed by atoms with Crippen LogP contribution in [0.4, 0.5) is 0 Å². The largest absolute Gasteiger partial charge is 0.484 e. The lowest BCUT2D eigenvalue weighted by Crippen LogP contribution is -2.36. The van der Waals surface area contributed by atoms with Crippen molar-refractivity contribution < 1.29 is 9.53 Å². The molecular weight excluding hydrogens is 380 g/mol. The van der Waals surface area contributed by atoms with E-state index in [0.29, 0.717) is 18.8 Å². The maximum atomic E-state index is 12.9. The first-order valence-electron chi connectivity index (χ1n) is 9.58. The number of fused-ring (bicyclic) bond motifs is 1. The molecule has 0 fully saturated rings. The molecule has 0 atom stereocenters. The second-order valence-corrected chi connectivity index (χ2v) is 7.84. The van der Waals surface area contributed by atoms with Crippen LogP contribution in [0, 0.1) is 0 Å². The van der Waals surface area contributed by atoms with Crippen LogP contribution in [-0.2, 0) is 17.8 Å². The summed E-state index contributed by atoms with van der Waals surface area (Å²) in [5, 5.41) is 4.31. The monoisotopic (exact) mass is 402 g/mol. The van der Waals surface area contributed by atoms with Crippen molar-refractivity contribution in [3.63, 3.8) is 0 Å². The van der Waals surface area contributed by atoms with Gasteiger partial charge in [0.25, 0.3) is 5.91 Å². The number of ether oxygens (including phenoxy) is 1. The van der Waals surface area contributed by atoms with Crippen LogP contribution in [0.5, 0.6) is 5.75 Å². The van der Waals surface area contributed by atoms with E-state index in [1.54, 1.807) is 23.7 Å². The summed E-state index contributed by atoms with van der Waals surface area (Å²) < 4.78 is 5.83. The number of carbonyl (C=O) groups excluding carboxylic acids is 1. The summed E-state index contributed by atoms with van der Waals surface area (Å²) in [4.78, 5) is 20.2. The fourth-order valence-corrected chi connectivity index (χ4v) is 3.90. The molecular formula is C24H22N2O2S. The standard InChI is InChI=1S/C24H22N2O2S/c27-24(18-28-22-10-9-20-6-1-2-7-21(20)15-22)26(13-11-23-8-4-14-29-23)17-19-5-3-12-25-16-19/h1-10,12,14-16H,11,13,17-18H2. The number of thiophene rings is 1. The molecule has 29 heavy (non-hydrogen) atoms. The molecule has 1 amide bonds. The highest BCUT2D eigenvalue weighted by atomic mass is 32.1. The highest BCUT2D eigenvalue weighted by molar-refractivity contribution is 7.09. The molecule has 0 unspecified atom stereocenters. The molecule has 0 spiro atoms. The number of rotatable bonds is 8. The van der Waals surface area contributed by atoms with Gasteiger partial charge in [0.15, 0.2) is 6.61 Å². The maximum Gasteiger partial charge on any atom is 0.260 e. The van der Waals surface area contributed by atoms with Gasteiger partial charge in [-0.2, -0.15) is 0 Å². The molecule has 4 rings (SSSR count). The van der Waals surface area contributed by atoms with Crippen LogP contribution in [0.2, 0.25) is 0 Å². The topological polar surface area (TPSA) is 42.4 Å². The van der Waals surface area contributed by atoms with Gasteiger partial charge in [0.2, 0.25) is 0 Å². The van der Waals surface area contributed by atoms with Gasteiger partial charge in [-0.05, 0) is 52.4 Å². The number of hydrogen-bond donors (Lipinski definition) is 0. The van der Waals surface area contributed by atoms with Crippen molar-refractivity contribution in [2.45, 2.75) is 13.0 Å². The number of aromatic nitrogens is 1. The van der Waals surface area contributed by atoms with Crippen molar-refractivity contribution in [3.05, 3.63) is 94.9 Å². The third-order valence-corrected chi connectivity index (χ3v) is 5.68. The maximum absolute atomic E-state index is 12.9. The molecule has 0 saturated heterocycles. The van der Waals surface area contributed by atoms with Crippen molar-refractivity contribution in [1.29, 1.82) is 0 Å². The minimum atomic E-state index is -0.0291. The molecule has 0 bridgehead atoms. The van der Waals surface area contributed by atoms with Crippen LogP contribution in [-0.4, -0.2) is 28.9 Å². The van der Waals surface area contributed by atoms with Crippen molar-refractivity contribution in [2.24, 2.45) is 0 Å². The molecule has 5 heteroatoms. The Morgan fingerprint density at radius 1 is 1.00 bits per heavy atom. The van der Waals surface area contributed by atoms with E-state index in [-0.39, 0.29) is 12.5 Å². The normalized spacial score (nSPS) is 10.8. The number of carbonyl (C=O) groups is 1. The molecule has 0 N–H and O–H groups in total. The molecule has 2 heterocycles. The van der Waals surface area contributed by atoms with Gasteiger partial charge in [-0.25, -0.2) is 0 Å². The zero-order valence-corrected chi connectivity index (χ0v) is 16.8. The summed E-state index contributed by atoms with van der Waals surface area (Å²) in [6, 6.07) is 22.0. The minimum Gasteiger partial charge on any atom is -0.484 e. The van der Waals surface area contributed by atoms with Gasteiger partial charge in [-0.1, -0.05) is 42.5 Å². The Bertz CT molecular complexity index is 1060. The molecule has 0 radical (unpaired) electrons. The molecule has 0 aliphatic carbocycles. The van der Waals surface area contributed by atoms with Gasteiger partial charge in [0.05, 0.1) is 0 Å². The van der Waals surface area contributed by atoms with Crippen LogP contribution in [0.1, 0.15) is 10.4 Å². The third-order valence-electron chi connectivity index (χ3n) is 4.74. The van der Waals surface area contributed by atoms with Gasteiger partial charge in [0.1, 0.15) is 5.75 Å². The molecule has 4 aromatic rings. The Balaban J connectivity index is 1.42. The van der Waals surface area contributed by atoms with E-state index in [0.717, 1.165) is 22.8 Å². The lowest BCUT2D eigenvalue weighted by Gasteiger charge is -2.22. The van der Waals surface area contributed by atoms with Crippen LogP contribution < -0.4 is 4.74 Å². The summed E-state index contributed by atoms with van der Waals surface area (Å²) in [7, 11) is 0. The Labute approximate surface area is 174 Å². The van der Waals surface area contributed by atoms with Gasteiger partial charge >= 0.3 is 0 Å². The Morgan fingerprint density at radius 2 is 1.90 bits per heavy atom. The average Bonchev–Trinajstić information content (AvgIpc) is 3.29. The van der Waals surface area contributed by atoms with Crippen LogP contribution in [0.3, 0.4) is 0 Å². The fourth-order valence-electron chi connectivity index (χ4n) is 3.20. The van der Waals surface area contributed by atoms with E-state index in [1.165, 1.54) is 4.88 Å². The van der Waals surface area contributed by atoms with Gasteiger partial charge in [-0.15, -0.1) is 11.3 Å². The highest BCUT2D eigenvalue weighted by Gasteiger charge is 2.15. The van der Waals surface area contributed by atoms with Crippen molar-refractivity contribution in [1.82, 2.24) is 9.88 Å². The first-order valence-corrected chi connectivity index (χ1v) is 10.5. The van der Waals surface area contributed by atoms with E-state index >= 15 is 0 Å². The SMILES string of the molecule is O=C(COc1ccc2ccccc2c1)N(CCc1cccs1)Cc1cccnc1. The summed E-state index contributed by atoms with van der Waals surface area (Å²) in [5.41, 5.74) is 1.01. The van der Waals surface area contributed by atoms with Crippen molar-refractivity contribution in [2.75, 3.05) is 13.2 Å². The summed E-state index contributed by atoms with van der Waals surface area (Å²) >= 11 is 1.71. The number of pyridine rings is 1. The molecule has 0 aliphatic rings. The van der Waals surface area contributed by atoms with E-state index < -0.39 is 0 Å². The Morgan fingerprint density at radius 3 is 2.69 bits per heavy atom. The first kappa shape index (κ1) is 19.2. The third kappa shape index (κ3) is 5.21. The van der Waals surface area contributed by atoms with Crippen molar-refractivity contribution >= 4 is 28.0 Å². The molecule has 2 aromatic heterocycles. The van der Waals surface area contributed by atoms with Crippen molar-refractivity contribution in [3.8, 4) is 5.75 Å². The van der Waals surface area contributed by atoms with E-state index in [9.17, 15) is 4.79 Å². The zero-order valence-electron chi connectivity index (χ0n) is 16.0. The van der Waals surface area contributed by atoms with Crippen LogP contribution >= 0.6 is 11.3 Å². The predicted molar refractivity (Wildman–Crippen MR) is 117 cm³/mol. The minimum absolute atomic E-state index is 0.0169. The summed E-state index contributed by atoms with van der Waals surface area (Å²) in [6.07, 6.45) is 4.37. The number of hydrogen-bond acceptors (Lipinski definition) is 4. The van der Waals surface area contributed by atoms with E-state index in [4.69, 9.17) is 4.74 Å². The molecule has 2 aromatic carbocycles. The summed E-state index contributed by atoms with van der Waals surface area (Å²) in [5.74, 6) is 0.676. The quantitative estimate of drug-likeness (QED) is 0.419. The molecule has 4 nitrogen and oxygen atoms in total. The predicted octanol–water partition coefficient (Wildman–Crippen LogP) is 4.95. The zero-order chi connectivity index (χ0) is 19.9. The molecule has 0 saturated carbocycles. The number of benzene rings is 2. The highest BCUT2D eigenvalue weighted by Crippen LogP contribution is 2.20. The molecule has 146 valence electrons. The smallest absolute Gasteiger partial charge is 0.260 e. The van der Waals surface area contributed by atoms with E-state index in [2.05, 4.69) is 22.5 Å². The van der Waals surface area contributed by atoms with Gasteiger partial charge < -0.3 is 9.64 Å².